The van der Waals surface area contributed by atoms with Crippen molar-refractivity contribution >= 4 is 39.4 Å². The molecule has 0 spiro atoms. The molecule has 8 N–H and O–H groups in total. The van der Waals surface area contributed by atoms with Crippen LogP contribution in [0, 0.1) is 11.8 Å². The van der Waals surface area contributed by atoms with Gasteiger partial charge in [-0.15, -0.1) is 0 Å². The van der Waals surface area contributed by atoms with Crippen molar-refractivity contribution in [2.24, 2.45) is 11.5 Å². The third-order valence-corrected chi connectivity index (χ3v) is 14.3. The van der Waals surface area contributed by atoms with Gasteiger partial charge in [0.2, 0.25) is 5.91 Å². The summed E-state index contributed by atoms with van der Waals surface area (Å²) in [5.41, 5.74) is 9.54. The summed E-state index contributed by atoms with van der Waals surface area (Å²) in [4.78, 5) is 41.5. The molecular formula is C51H87N5O18S2. The zero-order chi connectivity index (χ0) is 55.6. The fourth-order valence-electron chi connectivity index (χ4n) is 7.95. The fourth-order valence-corrected chi connectivity index (χ4v) is 9.79. The van der Waals surface area contributed by atoms with Crippen LogP contribution in [0.25, 0.3) is 0 Å². The lowest BCUT2D eigenvalue weighted by atomic mass is 9.80. The van der Waals surface area contributed by atoms with Crippen molar-refractivity contribution < 1.29 is 86.2 Å². The summed E-state index contributed by atoms with van der Waals surface area (Å²) in [7, 11) is 5.85. The van der Waals surface area contributed by atoms with Crippen molar-refractivity contribution in [1.82, 2.24) is 15.5 Å². The molecule has 0 unspecified atom stereocenters. The highest BCUT2D eigenvalue weighted by Crippen LogP contribution is 2.38. The number of nitrogens with two attached hydrogens (primary N) is 2. The third kappa shape index (κ3) is 26.0. The number of allylic oxidation sites excluding steroid dienone is 3. The first kappa shape index (κ1) is 67.5. The summed E-state index contributed by atoms with van der Waals surface area (Å²) < 4.78 is 74.8. The SMILES string of the molecule is C/C=C\C#C[C@H](O[C@@H]1O[C@H](C)C[C@H](O)[C@H]1O[C@H]1C[C@H](OC)[C@@H](N(CC)CC(=O)NCCOCCOCCOCCOCCOCCOCCOCCN)CO1)C1=C(NC(=O)OC)C(=O)C[C@](N)(O)/C1=C/CSSC(C)C. The number of hydrogen-bond acceptors (Lipinski definition) is 23. The Bertz CT molecular complexity index is 1820. The van der Waals surface area contributed by atoms with Gasteiger partial charge in [0.1, 0.15) is 17.9 Å². The molecule has 0 aromatic rings. The summed E-state index contributed by atoms with van der Waals surface area (Å²) in [6, 6.07) is -0.320. The Morgan fingerprint density at radius 2 is 1.53 bits per heavy atom. The minimum absolute atomic E-state index is 0.00159. The van der Waals surface area contributed by atoms with Gasteiger partial charge >= 0.3 is 6.09 Å². The van der Waals surface area contributed by atoms with Gasteiger partial charge < -0.3 is 82.8 Å². The van der Waals surface area contributed by atoms with Crippen LogP contribution in [0.3, 0.4) is 0 Å². The maximum Gasteiger partial charge on any atom is 0.411 e. The average molecular weight is 1120 g/mol. The number of aliphatic hydroxyl groups is 2. The topological polar surface area (TPSA) is 291 Å². The van der Waals surface area contributed by atoms with Gasteiger partial charge in [-0.1, -0.05) is 66.4 Å². The number of amides is 2. The molecule has 2 saturated heterocycles. The minimum Gasteiger partial charge on any atom is -0.453 e. The van der Waals surface area contributed by atoms with Gasteiger partial charge in [0.05, 0.1) is 149 Å². The second-order valence-electron chi connectivity index (χ2n) is 17.8. The summed E-state index contributed by atoms with van der Waals surface area (Å²) in [6.07, 6.45) is -2.95. The van der Waals surface area contributed by atoms with Crippen molar-refractivity contribution in [2.45, 2.75) is 114 Å². The van der Waals surface area contributed by atoms with Gasteiger partial charge in [-0.2, -0.15) is 0 Å². The molecule has 76 heavy (non-hydrogen) atoms. The first-order valence-corrected chi connectivity index (χ1v) is 28.4. The zero-order valence-electron chi connectivity index (χ0n) is 45.5. The van der Waals surface area contributed by atoms with Gasteiger partial charge in [-0.25, -0.2) is 4.79 Å². The highest BCUT2D eigenvalue weighted by Gasteiger charge is 2.47. The molecule has 3 rings (SSSR count). The van der Waals surface area contributed by atoms with Gasteiger partial charge in [0.25, 0.3) is 0 Å². The van der Waals surface area contributed by atoms with E-state index in [0.29, 0.717) is 123 Å². The Morgan fingerprint density at radius 3 is 2.07 bits per heavy atom. The van der Waals surface area contributed by atoms with Crippen molar-refractivity contribution in [2.75, 3.05) is 145 Å². The Hall–Kier alpha value is -2.79. The van der Waals surface area contributed by atoms with Crippen LogP contribution in [0.5, 0.6) is 0 Å². The molecule has 2 amide bonds. The Labute approximate surface area is 457 Å². The van der Waals surface area contributed by atoms with Crippen molar-refractivity contribution in [3.63, 3.8) is 0 Å². The van der Waals surface area contributed by atoms with E-state index < -0.39 is 67.1 Å². The first-order valence-electron chi connectivity index (χ1n) is 26.0. The number of nitrogens with one attached hydrogen (secondary N) is 2. The van der Waals surface area contributed by atoms with Crippen molar-refractivity contribution in [3.8, 4) is 11.8 Å². The Morgan fingerprint density at radius 1 is 0.934 bits per heavy atom. The van der Waals surface area contributed by atoms with Crippen LogP contribution in [0.15, 0.2) is 35.1 Å². The lowest BCUT2D eigenvalue weighted by molar-refractivity contribution is -0.321. The van der Waals surface area contributed by atoms with E-state index in [-0.39, 0.29) is 54.8 Å². The molecule has 9 atom stereocenters. The lowest BCUT2D eigenvalue weighted by Crippen LogP contribution is -2.58. The summed E-state index contributed by atoms with van der Waals surface area (Å²) in [5.74, 6) is 5.38. The third-order valence-electron chi connectivity index (χ3n) is 11.6. The highest BCUT2D eigenvalue weighted by atomic mass is 33.1. The Kier molecular flexibility index (Phi) is 35.1. The summed E-state index contributed by atoms with van der Waals surface area (Å²) in [6.45, 7) is 17.3. The molecule has 23 nitrogen and oxygen atoms in total. The van der Waals surface area contributed by atoms with E-state index in [1.54, 1.807) is 50.0 Å². The van der Waals surface area contributed by atoms with E-state index in [4.69, 9.17) is 73.0 Å². The molecule has 25 heteroatoms. The maximum atomic E-state index is 13.7. The number of alkyl carbamates (subject to hydrolysis) is 1. The molecule has 0 saturated carbocycles. The molecule has 0 aromatic carbocycles. The van der Waals surface area contributed by atoms with Gasteiger partial charge in [-0.05, 0) is 26.5 Å². The molecule has 2 fully saturated rings. The zero-order valence-corrected chi connectivity index (χ0v) is 47.2. The highest BCUT2D eigenvalue weighted by molar-refractivity contribution is 8.77. The second-order valence-corrected chi connectivity index (χ2v) is 20.8. The molecule has 436 valence electrons. The molecule has 0 aromatic heterocycles. The molecular weight excluding hydrogens is 1030 g/mol. The van der Waals surface area contributed by atoms with Crippen LogP contribution >= 0.6 is 21.6 Å². The minimum atomic E-state index is -2.16. The number of ether oxygens (including phenoxy) is 13. The van der Waals surface area contributed by atoms with Crippen LogP contribution in [-0.2, 0) is 71.2 Å². The van der Waals surface area contributed by atoms with Crippen molar-refractivity contribution in [1.29, 1.82) is 0 Å². The molecule has 2 aliphatic heterocycles. The van der Waals surface area contributed by atoms with Crippen LogP contribution < -0.4 is 22.1 Å². The number of carbonyl (C=O) groups is 3. The predicted molar refractivity (Wildman–Crippen MR) is 286 cm³/mol. The fraction of sp³-hybridized carbons (Fsp3) is 0.784. The van der Waals surface area contributed by atoms with Gasteiger partial charge in [-0.3, -0.25) is 25.5 Å². The number of ketones is 1. The van der Waals surface area contributed by atoms with Crippen LogP contribution in [0.2, 0.25) is 0 Å². The van der Waals surface area contributed by atoms with E-state index in [2.05, 4.69) is 22.5 Å². The lowest BCUT2D eigenvalue weighted by Gasteiger charge is -2.44. The van der Waals surface area contributed by atoms with E-state index in [9.17, 15) is 24.6 Å². The van der Waals surface area contributed by atoms with E-state index in [1.165, 1.54) is 10.8 Å². The number of nitrogens with zero attached hydrogens (tertiary/aromatic N) is 1. The maximum absolute atomic E-state index is 13.7. The standard InChI is InChI=1S/C51H87N5O18S2/c1-8-10-11-12-42(46-38(13-30-75-76-36(3)4)51(53,61)33-41(58)47(46)55-50(60)63-7)73-49-48(40(57)31-37(5)72-49)74-45-32-43(62-6)39(35-71-45)56(9-2)34-44(59)54-15-17-65-19-21-67-23-25-69-27-29-70-28-26-68-24-22-66-20-18-64-16-14-52/h8,10,13,36-37,39-40,42-43,45,48-49,57,61H,9,14-35,52-53H2,1-7H3,(H,54,59)(H,55,60)/b10-8-,38-13+/t37-,39+,40+,42+,43+,45+,48-,49+,51+/m1/s1. The number of aliphatic hydroxyl groups excluding tert-OH is 1. The van der Waals surface area contributed by atoms with Gasteiger partial charge in [0, 0.05) is 55.2 Å². The number of hydrogen-bond donors (Lipinski definition) is 6. The largest absolute Gasteiger partial charge is 0.453 e. The molecule has 1 aliphatic carbocycles. The molecule has 0 bridgehead atoms. The molecule has 3 aliphatic rings. The monoisotopic (exact) mass is 1120 g/mol. The quantitative estimate of drug-likeness (QED) is 0.0221. The number of methoxy groups -OCH3 is 2. The van der Waals surface area contributed by atoms with Crippen LogP contribution in [0.4, 0.5) is 4.79 Å². The van der Waals surface area contributed by atoms with Crippen LogP contribution in [-0.4, -0.2) is 238 Å². The van der Waals surface area contributed by atoms with Crippen molar-refractivity contribution in [3.05, 3.63) is 35.1 Å². The smallest absolute Gasteiger partial charge is 0.411 e. The Balaban J connectivity index is 1.50. The number of likely N-dealkylation sites (N-methyl/N-ethyl adjacent to an activating group) is 1. The summed E-state index contributed by atoms with van der Waals surface area (Å²) in [5, 5.41) is 28.9. The molecule has 2 heterocycles. The van der Waals surface area contributed by atoms with E-state index in [1.807, 2.05) is 25.7 Å². The number of carbonyl (C=O) groups excluding carboxylic acids is 3. The van der Waals surface area contributed by atoms with E-state index >= 15 is 0 Å². The predicted octanol–water partition coefficient (Wildman–Crippen LogP) is 1.42. The van der Waals surface area contributed by atoms with Gasteiger partial charge in [0.15, 0.2) is 18.4 Å². The first-order chi connectivity index (χ1) is 36.7. The van der Waals surface area contributed by atoms with E-state index in [0.717, 1.165) is 7.11 Å². The number of Topliss-reactive ketones (excluding diaryl/α,β-unsaturated/α-hetero) is 1. The summed E-state index contributed by atoms with van der Waals surface area (Å²) >= 11 is 0. The average Bonchev–Trinajstić information content (AvgIpc) is 3.38. The normalized spacial score (nSPS) is 25.1. The number of rotatable bonds is 38. The molecule has 0 radical (unpaired) electrons. The van der Waals surface area contributed by atoms with Crippen LogP contribution in [0.1, 0.15) is 53.9 Å². The second kappa shape index (κ2) is 39.6.